The highest BCUT2D eigenvalue weighted by molar-refractivity contribution is 6.04. The van der Waals surface area contributed by atoms with Gasteiger partial charge in [-0.25, -0.2) is 9.37 Å². The van der Waals surface area contributed by atoms with E-state index in [1.807, 2.05) is 6.07 Å². The lowest BCUT2D eigenvalue weighted by molar-refractivity contribution is -0.249. The average Bonchev–Trinajstić information content (AvgIpc) is 2.80. The molecule has 12 heteroatoms. The van der Waals surface area contributed by atoms with Gasteiger partial charge in [0.05, 0.1) is 22.9 Å². The highest BCUT2D eigenvalue weighted by atomic mass is 19.4. The predicted octanol–water partition coefficient (Wildman–Crippen LogP) is 3.41. The summed E-state index contributed by atoms with van der Waals surface area (Å²) in [6.07, 6.45) is -3.76. The third kappa shape index (κ3) is 4.57. The summed E-state index contributed by atoms with van der Waals surface area (Å²) in [5, 5.41) is 11.5. The number of alkyl halides is 3. The number of carbonyl (C=O) groups excluding carboxylic acids is 1. The maximum Gasteiger partial charge on any atom is 0.424 e. The first-order chi connectivity index (χ1) is 17.0. The van der Waals surface area contributed by atoms with Crippen molar-refractivity contribution in [1.82, 2.24) is 4.98 Å². The van der Waals surface area contributed by atoms with Gasteiger partial charge in [-0.05, 0) is 38.1 Å². The highest BCUT2D eigenvalue weighted by Crippen LogP contribution is 2.41. The summed E-state index contributed by atoms with van der Waals surface area (Å²) in [5.41, 5.74) is 0.718. The van der Waals surface area contributed by atoms with Crippen LogP contribution in [-0.4, -0.2) is 42.1 Å². The van der Waals surface area contributed by atoms with Crippen molar-refractivity contribution < 1.29 is 35.9 Å². The van der Waals surface area contributed by atoms with Gasteiger partial charge in [0.2, 0.25) is 5.60 Å². The van der Waals surface area contributed by atoms with E-state index in [1.54, 1.807) is 0 Å². The third-order valence-corrected chi connectivity index (χ3v) is 5.38. The molecule has 2 atom stereocenters. The number of hydrogen-bond acceptors (Lipinski definition) is 7. The lowest BCUT2D eigenvalue weighted by Crippen LogP contribution is -2.60. The predicted molar refractivity (Wildman–Crippen MR) is 113 cm³/mol. The van der Waals surface area contributed by atoms with Crippen LogP contribution in [0.5, 0.6) is 0 Å². The molecule has 1 aliphatic heterocycles. The fraction of sp³-hybridized carbons (Fsp3) is 0.364. The Labute approximate surface area is 196 Å². The van der Waals surface area contributed by atoms with E-state index in [9.17, 15) is 22.4 Å². The molecule has 1 aliphatic rings. The minimum Gasteiger partial charge on any atom is -0.385 e. The second-order valence-corrected chi connectivity index (χ2v) is 7.87. The maximum absolute atomic E-state index is 14.8. The number of nitriles is 1. The molecule has 0 saturated heterocycles. The largest absolute Gasteiger partial charge is 0.424 e. The molecule has 1 amide bonds. The van der Waals surface area contributed by atoms with Crippen molar-refractivity contribution in [3.8, 4) is 6.07 Å². The van der Waals surface area contributed by atoms with Crippen LogP contribution in [0.15, 0.2) is 35.5 Å². The molecule has 0 saturated carbocycles. The van der Waals surface area contributed by atoms with Crippen molar-refractivity contribution in [1.29, 1.82) is 5.26 Å². The number of aliphatic imine (C=N–C) groups is 1. The van der Waals surface area contributed by atoms with Crippen LogP contribution in [0.1, 0.15) is 45.1 Å². The number of nitrogens with one attached hydrogen (secondary N) is 1. The van der Waals surface area contributed by atoms with Gasteiger partial charge >= 0.3 is 6.18 Å². The molecular weight excluding hydrogens is 458 g/mol. The molecular formula is C22H21F4N5O3. The zero-order valence-corrected chi connectivity index (χ0v) is 18.0. The molecule has 3 N–H and O–H groups in total. The summed E-state index contributed by atoms with van der Waals surface area (Å²) in [6, 6.07) is 6.38. The van der Waals surface area contributed by atoms with Gasteiger partial charge in [-0.2, -0.15) is 18.4 Å². The molecule has 0 unspecified atom stereocenters. The van der Waals surface area contributed by atoms with Gasteiger partial charge in [0.1, 0.15) is 29.0 Å². The van der Waals surface area contributed by atoms with Crippen molar-refractivity contribution in [3.63, 3.8) is 0 Å². The molecule has 1 aromatic carbocycles. The van der Waals surface area contributed by atoms with Gasteiger partial charge in [-0.15, -0.1) is 0 Å². The zero-order chi connectivity index (χ0) is 27.8. The van der Waals surface area contributed by atoms with Gasteiger partial charge in [0.15, 0.2) is 0 Å². The van der Waals surface area contributed by atoms with Crippen molar-refractivity contribution in [3.05, 3.63) is 58.7 Å². The zero-order valence-electron chi connectivity index (χ0n) is 21.0. The normalized spacial score (nSPS) is 24.3. The van der Waals surface area contributed by atoms with E-state index in [2.05, 4.69) is 15.3 Å². The number of amides is 1. The fourth-order valence-electron chi connectivity index (χ4n) is 3.30. The summed E-state index contributed by atoms with van der Waals surface area (Å²) < 4.78 is 86.2. The molecule has 180 valence electrons. The molecule has 2 heterocycles. The minimum atomic E-state index is -4.86. The van der Waals surface area contributed by atoms with E-state index >= 15 is 0 Å². The molecule has 3 rings (SSSR count). The van der Waals surface area contributed by atoms with E-state index in [1.165, 1.54) is 19.1 Å². The van der Waals surface area contributed by atoms with Gasteiger partial charge in [-0.1, -0.05) is 0 Å². The van der Waals surface area contributed by atoms with Gasteiger partial charge < -0.3 is 20.5 Å². The molecule has 1 aromatic heterocycles. The SMILES string of the molecule is [2H]C([2H])([2H])OCc1cc(C#N)cnc1C(=O)Nc1ccc(F)c([C@]2(C)CO[C@@](C)(C(F)(F)F)C(N)=N2)c1. The van der Waals surface area contributed by atoms with E-state index in [-0.39, 0.29) is 28.1 Å². The molecule has 0 fully saturated rings. The number of benzene rings is 1. The van der Waals surface area contributed by atoms with Gasteiger partial charge in [-0.3, -0.25) is 9.79 Å². The number of anilines is 1. The van der Waals surface area contributed by atoms with Crippen molar-refractivity contribution in [2.75, 3.05) is 19.0 Å². The number of carbonyl (C=O) groups is 1. The molecule has 0 bridgehead atoms. The van der Waals surface area contributed by atoms with Crippen LogP contribution in [0.25, 0.3) is 0 Å². The van der Waals surface area contributed by atoms with Crippen LogP contribution < -0.4 is 11.1 Å². The number of halogens is 4. The first kappa shape index (κ1) is 21.0. The number of nitrogens with zero attached hydrogens (tertiary/aromatic N) is 3. The number of hydrogen-bond donors (Lipinski definition) is 2. The molecule has 8 nitrogen and oxygen atoms in total. The molecule has 0 aliphatic carbocycles. The van der Waals surface area contributed by atoms with Crippen LogP contribution in [0.4, 0.5) is 23.2 Å². The Hall–Kier alpha value is -3.56. The number of pyridine rings is 1. The topological polar surface area (TPSA) is 123 Å². The quantitative estimate of drug-likeness (QED) is 0.630. The Bertz CT molecular complexity index is 1300. The standard InChI is InChI=1S/C22H21F4N5O3/c1-20(11-34-21(2,19(28)31-20)22(24,25)26)15-7-14(4-5-16(15)23)30-18(32)17-13(10-33-3)6-12(8-27)9-29-17/h4-7,9H,10-11H2,1-3H3,(H2,28,31)(H,30,32)/t20-,21+/m0/s1/i3D3. The average molecular weight is 482 g/mol. The summed E-state index contributed by atoms with van der Waals surface area (Å²) in [5.74, 6) is -2.56. The molecule has 0 spiro atoms. The van der Waals surface area contributed by atoms with Crippen molar-refractivity contribution in [2.24, 2.45) is 10.7 Å². The number of ether oxygens (including phenoxy) is 2. The van der Waals surface area contributed by atoms with Crippen LogP contribution in [-0.2, 0) is 21.6 Å². The smallest absolute Gasteiger partial charge is 0.385 e. The van der Waals surface area contributed by atoms with Crippen molar-refractivity contribution >= 4 is 17.4 Å². The lowest BCUT2D eigenvalue weighted by atomic mass is 9.89. The monoisotopic (exact) mass is 482 g/mol. The Morgan fingerprint density at radius 1 is 1.41 bits per heavy atom. The number of methoxy groups -OCH3 is 1. The lowest BCUT2D eigenvalue weighted by Gasteiger charge is -2.41. The van der Waals surface area contributed by atoms with E-state index < -0.39 is 55.1 Å². The van der Waals surface area contributed by atoms with E-state index in [0.717, 1.165) is 25.3 Å². The Kier molecular flexibility index (Phi) is 5.56. The highest BCUT2D eigenvalue weighted by Gasteiger charge is 2.59. The van der Waals surface area contributed by atoms with Crippen LogP contribution in [0, 0.1) is 17.1 Å². The number of amidine groups is 1. The van der Waals surface area contributed by atoms with Crippen LogP contribution in [0.2, 0.25) is 0 Å². The van der Waals surface area contributed by atoms with Crippen molar-refractivity contribution in [2.45, 2.75) is 37.8 Å². The Morgan fingerprint density at radius 2 is 2.15 bits per heavy atom. The van der Waals surface area contributed by atoms with Crippen LogP contribution >= 0.6 is 0 Å². The number of aromatic nitrogens is 1. The van der Waals surface area contributed by atoms with Gasteiger partial charge in [0, 0.05) is 30.0 Å². The first-order valence-corrected chi connectivity index (χ1v) is 9.70. The maximum atomic E-state index is 14.8. The van der Waals surface area contributed by atoms with Gasteiger partial charge in [0.25, 0.3) is 5.91 Å². The van der Waals surface area contributed by atoms with E-state index in [0.29, 0.717) is 0 Å². The Morgan fingerprint density at radius 3 is 2.76 bits per heavy atom. The second-order valence-electron chi connectivity index (χ2n) is 7.87. The number of nitrogens with two attached hydrogens (primary N) is 1. The summed E-state index contributed by atoms with van der Waals surface area (Å²) >= 11 is 0. The minimum absolute atomic E-state index is 0.00598. The first-order valence-electron chi connectivity index (χ1n) is 11.2. The Balaban J connectivity index is 1.93. The van der Waals surface area contributed by atoms with E-state index in [4.69, 9.17) is 24.6 Å². The number of rotatable bonds is 5. The molecule has 34 heavy (non-hydrogen) atoms. The molecule has 0 radical (unpaired) electrons. The fourth-order valence-corrected chi connectivity index (χ4v) is 3.30. The second kappa shape index (κ2) is 9.00. The molecule has 2 aromatic rings. The third-order valence-electron chi connectivity index (χ3n) is 5.38. The van der Waals surface area contributed by atoms with Crippen LogP contribution in [0.3, 0.4) is 0 Å². The summed E-state index contributed by atoms with van der Waals surface area (Å²) in [6.45, 7) is 0.826. The summed E-state index contributed by atoms with van der Waals surface area (Å²) in [4.78, 5) is 20.7. The summed E-state index contributed by atoms with van der Waals surface area (Å²) in [7, 11) is -2.77.